The Bertz CT molecular complexity index is 820. The maximum Gasteiger partial charge on any atom is 0.252 e. The lowest BCUT2D eigenvalue weighted by molar-refractivity contribution is 0.0957. The summed E-state index contributed by atoms with van der Waals surface area (Å²) in [5.74, 6) is 4.96. The van der Waals surface area contributed by atoms with Crippen LogP contribution >= 0.6 is 0 Å². The number of carbonyl (C=O) groups excluding carboxylic acids is 2. The lowest BCUT2D eigenvalue weighted by atomic mass is 10.1. The maximum atomic E-state index is 11.9. The van der Waals surface area contributed by atoms with E-state index in [0.717, 1.165) is 5.56 Å². The van der Waals surface area contributed by atoms with E-state index in [-0.39, 0.29) is 12.5 Å². The highest BCUT2D eigenvalue weighted by molar-refractivity contribution is 5.94. The SMILES string of the molecule is N#Cc1ccc(C(=O)NCC#Cc2ccc(C(N)=O)cc2)cc1. The Morgan fingerprint density at radius 1 is 0.957 bits per heavy atom. The Morgan fingerprint density at radius 2 is 1.52 bits per heavy atom. The molecule has 0 spiro atoms. The molecule has 0 fully saturated rings. The van der Waals surface area contributed by atoms with Crippen LogP contribution < -0.4 is 11.1 Å². The van der Waals surface area contributed by atoms with Crippen molar-refractivity contribution in [2.75, 3.05) is 6.54 Å². The van der Waals surface area contributed by atoms with Crippen molar-refractivity contribution in [2.45, 2.75) is 0 Å². The molecule has 3 N–H and O–H groups in total. The van der Waals surface area contributed by atoms with Gasteiger partial charge in [-0.2, -0.15) is 5.26 Å². The number of nitrogens with two attached hydrogens (primary N) is 1. The van der Waals surface area contributed by atoms with E-state index in [1.807, 2.05) is 6.07 Å². The molecule has 5 nitrogen and oxygen atoms in total. The molecule has 112 valence electrons. The Morgan fingerprint density at radius 3 is 2.09 bits per heavy atom. The van der Waals surface area contributed by atoms with Crippen LogP contribution in [0.4, 0.5) is 0 Å². The molecule has 0 aliphatic carbocycles. The van der Waals surface area contributed by atoms with Crippen LogP contribution in [-0.2, 0) is 0 Å². The van der Waals surface area contributed by atoms with Crippen molar-refractivity contribution in [3.05, 3.63) is 70.8 Å². The highest BCUT2D eigenvalue weighted by atomic mass is 16.2. The minimum atomic E-state index is -0.487. The van der Waals surface area contributed by atoms with Gasteiger partial charge in [-0.15, -0.1) is 0 Å². The second kappa shape index (κ2) is 7.44. The molecule has 0 saturated carbocycles. The minimum absolute atomic E-state index is 0.191. The molecule has 0 bridgehead atoms. The summed E-state index contributed by atoms with van der Waals surface area (Å²) in [5.41, 5.74) is 7.27. The summed E-state index contributed by atoms with van der Waals surface area (Å²) in [7, 11) is 0. The molecular weight excluding hydrogens is 290 g/mol. The van der Waals surface area contributed by atoms with Crippen LogP contribution in [0.5, 0.6) is 0 Å². The molecule has 2 amide bonds. The largest absolute Gasteiger partial charge is 0.366 e. The first-order valence-electron chi connectivity index (χ1n) is 6.77. The predicted octanol–water partition coefficient (Wildman–Crippen LogP) is 1.44. The molecule has 2 aromatic rings. The third-order valence-electron chi connectivity index (χ3n) is 3.02. The van der Waals surface area contributed by atoms with Crippen molar-refractivity contribution in [3.63, 3.8) is 0 Å². The zero-order chi connectivity index (χ0) is 16.7. The highest BCUT2D eigenvalue weighted by Crippen LogP contribution is 2.03. The molecule has 2 rings (SSSR count). The number of hydrogen-bond donors (Lipinski definition) is 2. The van der Waals surface area contributed by atoms with E-state index in [1.54, 1.807) is 48.5 Å². The number of nitriles is 1. The normalized spacial score (nSPS) is 9.17. The van der Waals surface area contributed by atoms with Crippen molar-refractivity contribution >= 4 is 11.8 Å². The summed E-state index contributed by atoms with van der Waals surface area (Å²) in [6, 6.07) is 14.9. The van der Waals surface area contributed by atoms with Gasteiger partial charge in [-0.1, -0.05) is 11.8 Å². The molecule has 0 atom stereocenters. The highest BCUT2D eigenvalue weighted by Gasteiger charge is 2.03. The van der Waals surface area contributed by atoms with Gasteiger partial charge in [0.05, 0.1) is 18.2 Å². The van der Waals surface area contributed by atoms with E-state index < -0.39 is 5.91 Å². The fraction of sp³-hybridized carbons (Fsp3) is 0.0556. The van der Waals surface area contributed by atoms with Gasteiger partial charge in [0.1, 0.15) is 0 Å². The van der Waals surface area contributed by atoms with Crippen LogP contribution in [-0.4, -0.2) is 18.4 Å². The maximum absolute atomic E-state index is 11.9. The number of nitrogens with one attached hydrogen (secondary N) is 1. The van der Waals surface area contributed by atoms with E-state index in [0.29, 0.717) is 16.7 Å². The molecule has 0 saturated heterocycles. The standard InChI is InChI=1S/C18H13N3O2/c19-12-14-5-9-16(10-6-14)18(23)21-11-1-2-13-3-7-15(8-4-13)17(20)22/h3-10H,11H2,(H2,20,22)(H,21,23). The minimum Gasteiger partial charge on any atom is -0.366 e. The van der Waals surface area contributed by atoms with Gasteiger partial charge in [-0.05, 0) is 48.5 Å². The molecule has 0 aliphatic rings. The third kappa shape index (κ3) is 4.45. The first kappa shape index (κ1) is 15.8. The van der Waals surface area contributed by atoms with Crippen LogP contribution in [0, 0.1) is 23.2 Å². The number of hydrogen-bond acceptors (Lipinski definition) is 3. The first-order valence-corrected chi connectivity index (χ1v) is 6.77. The van der Waals surface area contributed by atoms with Crippen LogP contribution in [0.3, 0.4) is 0 Å². The summed E-state index contributed by atoms with van der Waals surface area (Å²) in [6.07, 6.45) is 0. The summed E-state index contributed by atoms with van der Waals surface area (Å²) in [4.78, 5) is 22.8. The van der Waals surface area contributed by atoms with E-state index in [1.165, 1.54) is 0 Å². The number of benzene rings is 2. The van der Waals surface area contributed by atoms with Gasteiger partial charge in [0.2, 0.25) is 5.91 Å². The molecular formula is C18H13N3O2. The Kier molecular flexibility index (Phi) is 5.12. The Hall–Kier alpha value is -3.57. The lowest BCUT2D eigenvalue weighted by Crippen LogP contribution is -2.23. The fourth-order valence-electron chi connectivity index (χ4n) is 1.79. The monoisotopic (exact) mass is 303 g/mol. The van der Waals surface area contributed by atoms with Crippen LogP contribution in [0.25, 0.3) is 0 Å². The second-order valence-corrected chi connectivity index (χ2v) is 4.62. The number of carbonyl (C=O) groups is 2. The van der Waals surface area contributed by atoms with Crippen LogP contribution in [0.2, 0.25) is 0 Å². The van der Waals surface area contributed by atoms with Gasteiger partial charge >= 0.3 is 0 Å². The average Bonchev–Trinajstić information content (AvgIpc) is 2.59. The van der Waals surface area contributed by atoms with Crippen molar-refractivity contribution in [1.29, 1.82) is 5.26 Å². The molecule has 0 unspecified atom stereocenters. The summed E-state index contributed by atoms with van der Waals surface area (Å²) >= 11 is 0. The van der Waals surface area contributed by atoms with Crippen molar-refractivity contribution in [2.24, 2.45) is 5.73 Å². The van der Waals surface area contributed by atoms with Gasteiger partial charge in [-0.3, -0.25) is 9.59 Å². The number of amides is 2. The van der Waals surface area contributed by atoms with Gasteiger partial charge in [0, 0.05) is 16.7 Å². The van der Waals surface area contributed by atoms with Gasteiger partial charge in [-0.25, -0.2) is 0 Å². The Labute approximate surface area is 133 Å². The molecule has 0 radical (unpaired) electrons. The number of rotatable bonds is 3. The average molecular weight is 303 g/mol. The van der Waals surface area contributed by atoms with E-state index in [9.17, 15) is 9.59 Å². The molecule has 5 heteroatoms. The summed E-state index contributed by atoms with van der Waals surface area (Å²) < 4.78 is 0. The molecule has 0 aromatic heterocycles. The Balaban J connectivity index is 1.90. The second-order valence-electron chi connectivity index (χ2n) is 4.62. The van der Waals surface area contributed by atoms with E-state index >= 15 is 0 Å². The summed E-state index contributed by atoms with van der Waals surface area (Å²) in [6.45, 7) is 0.191. The third-order valence-corrected chi connectivity index (χ3v) is 3.02. The lowest BCUT2D eigenvalue weighted by Gasteiger charge is -2.01. The van der Waals surface area contributed by atoms with Gasteiger partial charge < -0.3 is 11.1 Å². The summed E-state index contributed by atoms with van der Waals surface area (Å²) in [5, 5.41) is 11.4. The van der Waals surface area contributed by atoms with Crippen molar-refractivity contribution in [1.82, 2.24) is 5.32 Å². The fourth-order valence-corrected chi connectivity index (χ4v) is 1.79. The molecule has 0 heterocycles. The topological polar surface area (TPSA) is 96.0 Å². The molecule has 2 aromatic carbocycles. The van der Waals surface area contributed by atoms with Crippen molar-refractivity contribution < 1.29 is 9.59 Å². The smallest absolute Gasteiger partial charge is 0.252 e. The molecule has 23 heavy (non-hydrogen) atoms. The zero-order valence-corrected chi connectivity index (χ0v) is 12.2. The van der Waals surface area contributed by atoms with Gasteiger partial charge in [0.25, 0.3) is 5.91 Å². The molecule has 0 aliphatic heterocycles. The van der Waals surface area contributed by atoms with Crippen LogP contribution in [0.1, 0.15) is 31.8 Å². The zero-order valence-electron chi connectivity index (χ0n) is 12.2. The number of primary amides is 1. The van der Waals surface area contributed by atoms with E-state index in [2.05, 4.69) is 17.2 Å². The van der Waals surface area contributed by atoms with E-state index in [4.69, 9.17) is 11.0 Å². The van der Waals surface area contributed by atoms with Crippen molar-refractivity contribution in [3.8, 4) is 17.9 Å². The first-order chi connectivity index (χ1) is 11.1. The van der Waals surface area contributed by atoms with Crippen LogP contribution in [0.15, 0.2) is 48.5 Å². The quantitative estimate of drug-likeness (QED) is 0.840. The predicted molar refractivity (Wildman–Crippen MR) is 85.3 cm³/mol. The number of nitrogens with zero attached hydrogens (tertiary/aromatic N) is 1. The van der Waals surface area contributed by atoms with Gasteiger partial charge in [0.15, 0.2) is 0 Å².